The van der Waals surface area contributed by atoms with Crippen molar-refractivity contribution < 1.29 is 0 Å². The van der Waals surface area contributed by atoms with Crippen LogP contribution in [0.25, 0.3) is 0 Å². The Balaban J connectivity index is 2.15. The summed E-state index contributed by atoms with van der Waals surface area (Å²) in [5.41, 5.74) is 4.28. The highest BCUT2D eigenvalue weighted by Gasteiger charge is 2.37. The van der Waals surface area contributed by atoms with Gasteiger partial charge in [0.15, 0.2) is 5.41 Å². The van der Waals surface area contributed by atoms with Crippen LogP contribution in [0.3, 0.4) is 0 Å². The number of nitriles is 3. The molecule has 0 amide bonds. The van der Waals surface area contributed by atoms with Gasteiger partial charge in [0.2, 0.25) is 0 Å². The Bertz CT molecular complexity index is 1300. The van der Waals surface area contributed by atoms with Crippen molar-refractivity contribution in [2.24, 2.45) is 0 Å². The van der Waals surface area contributed by atoms with Crippen LogP contribution in [0.4, 0.5) is 0 Å². The van der Waals surface area contributed by atoms with Gasteiger partial charge in [-0.1, -0.05) is 109 Å². The second-order valence-corrected chi connectivity index (χ2v) is 8.64. The molecule has 34 heavy (non-hydrogen) atoms. The van der Waals surface area contributed by atoms with E-state index in [1.807, 2.05) is 79.7 Å². The molecule has 0 aliphatic heterocycles. The van der Waals surface area contributed by atoms with Crippen molar-refractivity contribution in [1.82, 2.24) is 0 Å². The van der Waals surface area contributed by atoms with Gasteiger partial charge >= 0.3 is 0 Å². The number of hydrogen-bond acceptors (Lipinski definition) is 3. The van der Waals surface area contributed by atoms with E-state index >= 15 is 0 Å². The Morgan fingerprint density at radius 2 is 1.06 bits per heavy atom. The molecule has 4 heteroatoms. The van der Waals surface area contributed by atoms with Crippen LogP contribution in [0.15, 0.2) is 109 Å². The van der Waals surface area contributed by atoms with Crippen LogP contribution < -0.4 is 21.9 Å². The minimum atomic E-state index is -1.63. The van der Waals surface area contributed by atoms with Crippen LogP contribution in [-0.2, 0) is 5.41 Å². The molecule has 0 heterocycles. The normalized spacial score (nSPS) is 11.1. The van der Waals surface area contributed by atoms with Gasteiger partial charge in [-0.25, -0.2) is 0 Å². The number of benzene rings is 4. The van der Waals surface area contributed by atoms with E-state index in [1.54, 1.807) is 0 Å². The molecule has 0 bridgehead atoms. The maximum atomic E-state index is 10.0. The first-order valence-corrected chi connectivity index (χ1v) is 11.3. The third-order valence-corrected chi connectivity index (χ3v) is 6.85. The van der Waals surface area contributed by atoms with Crippen molar-refractivity contribution in [3.8, 4) is 18.2 Å². The Labute approximate surface area is 201 Å². The van der Waals surface area contributed by atoms with Gasteiger partial charge in [-0.05, 0) is 18.1 Å². The first-order chi connectivity index (χ1) is 16.6. The summed E-state index contributed by atoms with van der Waals surface area (Å²) >= 11 is 0. The maximum Gasteiger partial charge on any atom is 0.181 e. The highest BCUT2D eigenvalue weighted by Crippen LogP contribution is 2.29. The SMILES string of the molecule is Cc1ccc([B-](c2ccccc2)(c2ccccc2)c2ccccc2)cc1C(C#N)(C#N)CC#N. The highest BCUT2D eigenvalue weighted by atomic mass is 14.4. The van der Waals surface area contributed by atoms with Gasteiger partial charge in [-0.2, -0.15) is 37.6 Å². The molecule has 4 aromatic rings. The predicted molar refractivity (Wildman–Crippen MR) is 138 cm³/mol. The summed E-state index contributed by atoms with van der Waals surface area (Å²) in [7, 11) is 0. The number of aryl methyl sites for hydroxylation is 1. The molecule has 0 aromatic heterocycles. The summed E-state index contributed by atoms with van der Waals surface area (Å²) < 4.78 is 0. The molecule has 0 unspecified atom stereocenters. The van der Waals surface area contributed by atoms with Crippen LogP contribution >= 0.6 is 0 Å². The lowest BCUT2D eigenvalue weighted by Crippen LogP contribution is -2.74. The van der Waals surface area contributed by atoms with Gasteiger partial charge in [0.05, 0.1) is 24.6 Å². The zero-order chi connectivity index (χ0) is 24.0. The summed E-state index contributed by atoms with van der Waals surface area (Å²) in [4.78, 5) is 0. The average Bonchev–Trinajstić information content (AvgIpc) is 2.91. The molecule has 0 aliphatic carbocycles. The number of nitrogens with zero attached hydrogens (tertiary/aromatic N) is 3. The van der Waals surface area contributed by atoms with E-state index in [1.165, 1.54) is 0 Å². The van der Waals surface area contributed by atoms with Gasteiger partial charge in [-0.3, -0.25) is 0 Å². The van der Waals surface area contributed by atoms with Crippen LogP contribution in [0, 0.1) is 40.9 Å². The van der Waals surface area contributed by atoms with E-state index in [9.17, 15) is 15.8 Å². The van der Waals surface area contributed by atoms with E-state index in [-0.39, 0.29) is 6.42 Å². The molecule has 0 N–H and O–H groups in total. The van der Waals surface area contributed by atoms with Crippen molar-refractivity contribution in [2.75, 3.05) is 0 Å². The molecule has 0 spiro atoms. The predicted octanol–water partition coefficient (Wildman–Crippen LogP) is 3.57. The second-order valence-electron chi connectivity index (χ2n) is 8.64. The Morgan fingerprint density at radius 1 is 0.618 bits per heavy atom. The lowest BCUT2D eigenvalue weighted by atomic mass is 9.13. The van der Waals surface area contributed by atoms with E-state index < -0.39 is 11.6 Å². The number of hydrogen-bond donors (Lipinski definition) is 0. The third-order valence-electron chi connectivity index (χ3n) is 6.85. The van der Waals surface area contributed by atoms with Gasteiger partial charge in [-0.15, -0.1) is 0 Å². The second kappa shape index (κ2) is 9.50. The summed E-state index contributed by atoms with van der Waals surface area (Å²) in [6.07, 6.45) is -1.82. The molecular weight excluding hydrogens is 413 g/mol. The van der Waals surface area contributed by atoms with Crippen molar-refractivity contribution in [1.29, 1.82) is 15.8 Å². The van der Waals surface area contributed by atoms with Crippen LogP contribution in [-0.4, -0.2) is 6.15 Å². The highest BCUT2D eigenvalue weighted by molar-refractivity contribution is 7.19. The molecule has 3 nitrogen and oxygen atoms in total. The fourth-order valence-corrected chi connectivity index (χ4v) is 5.19. The van der Waals surface area contributed by atoms with Crippen molar-refractivity contribution >= 4 is 28.0 Å². The average molecular weight is 436 g/mol. The van der Waals surface area contributed by atoms with Crippen LogP contribution in [0.2, 0.25) is 0 Å². The van der Waals surface area contributed by atoms with Crippen LogP contribution in [0.1, 0.15) is 17.5 Å². The van der Waals surface area contributed by atoms with Crippen molar-refractivity contribution in [3.05, 3.63) is 120 Å². The summed E-state index contributed by atoms with van der Waals surface area (Å²) in [5, 5.41) is 29.5. The minimum absolute atomic E-state index is 0.188. The van der Waals surface area contributed by atoms with Gasteiger partial charge in [0, 0.05) is 0 Å². The zero-order valence-electron chi connectivity index (χ0n) is 19.0. The zero-order valence-corrected chi connectivity index (χ0v) is 19.0. The summed E-state index contributed by atoms with van der Waals surface area (Å²) in [6, 6.07) is 43.4. The van der Waals surface area contributed by atoms with Gasteiger partial charge in [0.25, 0.3) is 0 Å². The minimum Gasteiger partial charge on any atom is -0.198 e. The van der Waals surface area contributed by atoms with E-state index in [4.69, 9.17) is 0 Å². The third kappa shape index (κ3) is 3.65. The molecule has 0 saturated carbocycles. The van der Waals surface area contributed by atoms with Crippen molar-refractivity contribution in [2.45, 2.75) is 18.8 Å². The first-order valence-electron chi connectivity index (χ1n) is 11.3. The molecule has 0 saturated heterocycles. The molecule has 0 atom stereocenters. The molecule has 4 rings (SSSR count). The smallest absolute Gasteiger partial charge is 0.181 e. The van der Waals surface area contributed by atoms with Crippen LogP contribution in [0.5, 0.6) is 0 Å². The first kappa shape index (κ1) is 22.6. The molecule has 0 fully saturated rings. The molecule has 162 valence electrons. The van der Waals surface area contributed by atoms with Gasteiger partial charge in [0.1, 0.15) is 6.15 Å². The largest absolute Gasteiger partial charge is 0.198 e. The monoisotopic (exact) mass is 436 g/mol. The molecule has 0 radical (unpaired) electrons. The lowest BCUT2D eigenvalue weighted by Gasteiger charge is -2.45. The van der Waals surface area contributed by atoms with Gasteiger partial charge < -0.3 is 0 Å². The van der Waals surface area contributed by atoms with Crippen molar-refractivity contribution in [3.63, 3.8) is 0 Å². The van der Waals surface area contributed by atoms with E-state index in [0.717, 1.165) is 27.4 Å². The fourth-order valence-electron chi connectivity index (χ4n) is 5.19. The summed E-state index contributed by atoms with van der Waals surface area (Å²) in [6.45, 7) is 1.89. The van der Waals surface area contributed by atoms with E-state index in [2.05, 4.69) is 54.6 Å². The molecular formula is C30H23BN3-. The lowest BCUT2D eigenvalue weighted by molar-refractivity contribution is 0.716. The standard InChI is InChI=1S/C30H23BN3/c1-24-17-18-28(21-29(24)30(22-33,23-34)19-20-32)31(25-11-5-2-6-12-25,26-13-7-3-8-14-26)27-15-9-4-10-16-27/h2-18,21H,19H2,1H3/q-1. The topological polar surface area (TPSA) is 71.4 Å². The molecule has 0 aliphatic rings. The quantitative estimate of drug-likeness (QED) is 0.434. The maximum absolute atomic E-state index is 10.0. The Hall–Kier alpha value is -4.59. The Morgan fingerprint density at radius 3 is 1.44 bits per heavy atom. The summed E-state index contributed by atoms with van der Waals surface area (Å²) in [5.74, 6) is 0. The number of rotatable bonds is 6. The fraction of sp³-hybridized carbons (Fsp3) is 0.100. The van der Waals surface area contributed by atoms with E-state index in [0.29, 0.717) is 5.56 Å². The Kier molecular flexibility index (Phi) is 6.32. The molecule has 4 aromatic carbocycles.